The third kappa shape index (κ3) is 9.67. The van der Waals surface area contributed by atoms with E-state index in [2.05, 4.69) is 99.3 Å². The average Bonchev–Trinajstić information content (AvgIpc) is 3.70. The summed E-state index contributed by atoms with van der Waals surface area (Å²) in [5.41, 5.74) is 11.6. The Kier molecular flexibility index (Phi) is 14.5. The number of fused-ring (bicyclic) bond motifs is 3. The minimum absolute atomic E-state index is 0. The standard InChI is InChI=1S/C56H51N3O7S.Na/c1-38(67(60,61)62)36-37-57-55-51(39-12-16-41(17-13-39)58(43-20-28-47(63-2)29-21-43)44-22-30-48(64-3)31-23-44)8-6-10-53(55)54-11-7-9-52(56(54)57)40-14-18-42(19-15-40)59(45-24-32-49(65-4)33-25-45)46-26-34-50(66-5)35-27-46;/h6-35,38H,36-37H2,1-5H3,(H,60,61,62);/q;+1/p-1. The van der Waals surface area contributed by atoms with Crippen LogP contribution in [0.15, 0.2) is 182 Å². The van der Waals surface area contributed by atoms with Crippen LogP contribution in [0.2, 0.25) is 0 Å². The van der Waals surface area contributed by atoms with E-state index >= 15 is 0 Å². The molecule has 9 aromatic rings. The van der Waals surface area contributed by atoms with Gasteiger partial charge in [-0.15, -0.1) is 0 Å². The molecule has 0 radical (unpaired) electrons. The molecule has 0 N–H and O–H groups in total. The number of rotatable bonds is 16. The van der Waals surface area contributed by atoms with Crippen molar-refractivity contribution in [3.63, 3.8) is 0 Å². The van der Waals surface area contributed by atoms with E-state index in [1.807, 2.05) is 97.1 Å². The Labute approximate surface area is 419 Å². The van der Waals surface area contributed by atoms with E-state index in [4.69, 9.17) is 18.9 Å². The van der Waals surface area contributed by atoms with E-state index in [9.17, 15) is 13.0 Å². The van der Waals surface area contributed by atoms with Gasteiger partial charge in [0.25, 0.3) is 0 Å². The number of benzene rings is 8. The number of aromatic nitrogens is 1. The number of para-hydroxylation sites is 2. The SMILES string of the molecule is COc1ccc(N(c2ccc(OC)cc2)c2ccc(-c3cccc4c5cccc(-c6ccc(N(c7ccc(OC)cc7)c7ccc(OC)cc7)cc6)c5n(CCC(C)S(=O)(=O)[O-])c34)cc2)cc1.[Na+]. The van der Waals surface area contributed by atoms with Gasteiger partial charge in [-0.25, -0.2) is 8.42 Å². The number of methoxy groups -OCH3 is 4. The summed E-state index contributed by atoms with van der Waals surface area (Å²) in [6.45, 7) is 1.79. The van der Waals surface area contributed by atoms with Crippen molar-refractivity contribution in [2.45, 2.75) is 25.1 Å². The number of ether oxygens (including phenoxy) is 4. The zero-order chi connectivity index (χ0) is 46.7. The summed E-state index contributed by atoms with van der Waals surface area (Å²) in [4.78, 5) is 4.35. The summed E-state index contributed by atoms with van der Waals surface area (Å²) in [5.74, 6) is 3.06. The summed E-state index contributed by atoms with van der Waals surface area (Å²) < 4.78 is 61.0. The minimum Gasteiger partial charge on any atom is -0.748 e. The van der Waals surface area contributed by atoms with Gasteiger partial charge >= 0.3 is 29.6 Å². The summed E-state index contributed by atoms with van der Waals surface area (Å²) in [5, 5.41) is 0.966. The van der Waals surface area contributed by atoms with Crippen LogP contribution in [0.3, 0.4) is 0 Å². The first-order chi connectivity index (χ1) is 32.6. The van der Waals surface area contributed by atoms with Gasteiger partial charge in [-0.3, -0.25) is 0 Å². The number of nitrogens with zero attached hydrogens (tertiary/aromatic N) is 3. The molecular weight excluding hydrogens is 882 g/mol. The number of hydrogen-bond donors (Lipinski definition) is 0. The molecule has 0 spiro atoms. The Morgan fingerprint density at radius 2 is 0.735 bits per heavy atom. The average molecular weight is 932 g/mol. The third-order valence-corrected chi connectivity index (χ3v) is 13.6. The summed E-state index contributed by atoms with van der Waals surface area (Å²) in [6, 6.07) is 61.3. The fraction of sp³-hybridized carbons (Fsp3) is 0.143. The van der Waals surface area contributed by atoms with Gasteiger partial charge in [0.05, 0.1) is 49.6 Å². The van der Waals surface area contributed by atoms with Crippen molar-refractivity contribution in [1.29, 1.82) is 0 Å². The molecule has 1 unspecified atom stereocenters. The molecule has 10 nitrogen and oxygen atoms in total. The smallest absolute Gasteiger partial charge is 0.748 e. The molecule has 0 aliphatic heterocycles. The van der Waals surface area contributed by atoms with Gasteiger partial charge in [0, 0.05) is 67.8 Å². The molecule has 0 saturated heterocycles. The molecular formula is C56H50N3NaO7S. The second kappa shape index (κ2) is 20.6. The predicted octanol–water partition coefficient (Wildman–Crippen LogP) is 10.4. The largest absolute Gasteiger partial charge is 1.00 e. The first-order valence-corrected chi connectivity index (χ1v) is 23.4. The van der Waals surface area contributed by atoms with Crippen LogP contribution in [-0.2, 0) is 16.7 Å². The first-order valence-electron chi connectivity index (χ1n) is 21.9. The molecule has 9 rings (SSSR count). The molecule has 0 fully saturated rings. The molecule has 12 heteroatoms. The van der Waals surface area contributed by atoms with Crippen molar-refractivity contribution >= 4 is 66.0 Å². The van der Waals surface area contributed by atoms with Crippen molar-refractivity contribution < 1.29 is 61.5 Å². The Hall–Kier alpha value is -6.73. The Bertz CT molecular complexity index is 2960. The maximum atomic E-state index is 12.3. The minimum atomic E-state index is -4.52. The quantitative estimate of drug-likeness (QED) is 0.0692. The van der Waals surface area contributed by atoms with Crippen LogP contribution in [0.5, 0.6) is 23.0 Å². The molecule has 1 aromatic heterocycles. The number of anilines is 6. The van der Waals surface area contributed by atoms with E-state index in [0.29, 0.717) is 6.54 Å². The van der Waals surface area contributed by atoms with Crippen molar-refractivity contribution in [3.05, 3.63) is 182 Å². The van der Waals surface area contributed by atoms with Crippen LogP contribution in [-0.4, -0.2) is 51.2 Å². The van der Waals surface area contributed by atoms with Crippen LogP contribution >= 0.6 is 0 Å². The fourth-order valence-electron chi connectivity index (χ4n) is 8.76. The van der Waals surface area contributed by atoms with Gasteiger partial charge in [0.1, 0.15) is 23.0 Å². The summed E-state index contributed by atoms with van der Waals surface area (Å²) in [6.07, 6.45) is 0.141. The zero-order valence-electron chi connectivity index (χ0n) is 38.9. The molecule has 0 aliphatic carbocycles. The normalized spacial score (nSPS) is 11.7. The maximum absolute atomic E-state index is 12.3. The molecule has 1 heterocycles. The van der Waals surface area contributed by atoms with E-state index < -0.39 is 15.4 Å². The molecule has 1 atom stereocenters. The Balaban J connectivity index is 0.00000625. The fourth-order valence-corrected chi connectivity index (χ4v) is 9.15. The molecule has 0 amide bonds. The second-order valence-electron chi connectivity index (χ2n) is 16.2. The number of aryl methyl sites for hydroxylation is 1. The van der Waals surface area contributed by atoms with E-state index in [1.54, 1.807) is 28.4 Å². The van der Waals surface area contributed by atoms with Crippen LogP contribution in [0, 0.1) is 0 Å². The van der Waals surface area contributed by atoms with Crippen molar-refractivity contribution in [3.8, 4) is 45.3 Å². The summed E-state index contributed by atoms with van der Waals surface area (Å²) >= 11 is 0. The van der Waals surface area contributed by atoms with E-state index in [1.165, 1.54) is 6.92 Å². The molecule has 0 aliphatic rings. The zero-order valence-corrected chi connectivity index (χ0v) is 41.7. The van der Waals surface area contributed by atoms with Crippen molar-refractivity contribution in [2.75, 3.05) is 38.2 Å². The Morgan fingerprint density at radius 1 is 0.456 bits per heavy atom. The molecule has 0 saturated carbocycles. The number of hydrogen-bond acceptors (Lipinski definition) is 9. The van der Waals surface area contributed by atoms with Gasteiger partial charge in [0.2, 0.25) is 0 Å². The predicted molar refractivity (Wildman–Crippen MR) is 270 cm³/mol. The van der Waals surface area contributed by atoms with Gasteiger partial charge < -0.3 is 37.9 Å². The maximum Gasteiger partial charge on any atom is 1.00 e. The van der Waals surface area contributed by atoms with Crippen molar-refractivity contribution in [1.82, 2.24) is 4.57 Å². The van der Waals surface area contributed by atoms with E-state index in [0.717, 1.165) is 101 Å². The monoisotopic (exact) mass is 931 g/mol. The van der Waals surface area contributed by atoms with Crippen molar-refractivity contribution in [2.24, 2.45) is 0 Å². The first kappa shape index (κ1) is 47.8. The topological polar surface area (TPSA) is 106 Å². The third-order valence-electron chi connectivity index (χ3n) is 12.3. The van der Waals surface area contributed by atoms with Gasteiger partial charge in [-0.1, -0.05) is 60.7 Å². The second-order valence-corrected chi connectivity index (χ2v) is 18.0. The van der Waals surface area contributed by atoms with Gasteiger partial charge in [-0.05, 0) is 146 Å². The van der Waals surface area contributed by atoms with Crippen LogP contribution in [0.25, 0.3) is 44.1 Å². The van der Waals surface area contributed by atoms with Gasteiger partial charge in [-0.2, -0.15) is 0 Å². The molecule has 68 heavy (non-hydrogen) atoms. The van der Waals surface area contributed by atoms with Crippen LogP contribution in [0.4, 0.5) is 34.1 Å². The van der Waals surface area contributed by atoms with Crippen LogP contribution in [0.1, 0.15) is 13.3 Å². The van der Waals surface area contributed by atoms with Crippen LogP contribution < -0.4 is 58.3 Å². The van der Waals surface area contributed by atoms with E-state index in [-0.39, 0.29) is 36.0 Å². The molecule has 8 aromatic carbocycles. The molecule has 338 valence electrons. The van der Waals surface area contributed by atoms with Gasteiger partial charge in [0.15, 0.2) is 0 Å². The summed E-state index contributed by atoms with van der Waals surface area (Å²) in [7, 11) is 2.10. The Morgan fingerprint density at radius 3 is 1.00 bits per heavy atom. The molecule has 0 bridgehead atoms.